The van der Waals surface area contributed by atoms with Gasteiger partial charge >= 0.3 is 0 Å². The SMILES string of the molecule is Cc1ccccc1N(CC(=O)NCC1(c2ccc(Cl)cc2)CCOCC1)S(C)(=O)=O. The highest BCUT2D eigenvalue weighted by atomic mass is 35.5. The number of nitrogens with one attached hydrogen (secondary N) is 1. The molecule has 1 heterocycles. The molecule has 1 amide bonds. The van der Waals surface area contributed by atoms with Crippen LogP contribution in [0.3, 0.4) is 0 Å². The summed E-state index contributed by atoms with van der Waals surface area (Å²) in [5.41, 5.74) is 2.12. The summed E-state index contributed by atoms with van der Waals surface area (Å²) in [4.78, 5) is 12.8. The van der Waals surface area contributed by atoms with Crippen molar-refractivity contribution in [2.45, 2.75) is 25.2 Å². The van der Waals surface area contributed by atoms with E-state index in [1.54, 1.807) is 12.1 Å². The highest BCUT2D eigenvalue weighted by Crippen LogP contribution is 2.35. The monoisotopic (exact) mass is 450 g/mol. The second-order valence-electron chi connectivity index (χ2n) is 7.73. The molecule has 0 aliphatic carbocycles. The zero-order valence-electron chi connectivity index (χ0n) is 17.2. The Labute approximate surface area is 183 Å². The Kier molecular flexibility index (Phi) is 7.06. The van der Waals surface area contributed by atoms with Crippen molar-refractivity contribution in [2.75, 3.05) is 36.9 Å². The Bertz CT molecular complexity index is 986. The van der Waals surface area contributed by atoms with Crippen molar-refractivity contribution in [3.8, 4) is 0 Å². The van der Waals surface area contributed by atoms with Gasteiger partial charge in [-0.15, -0.1) is 0 Å². The van der Waals surface area contributed by atoms with Gasteiger partial charge in [0, 0.05) is 30.2 Å². The quantitative estimate of drug-likeness (QED) is 0.702. The number of rotatable bonds is 7. The average molecular weight is 451 g/mol. The van der Waals surface area contributed by atoms with Crippen molar-refractivity contribution in [1.29, 1.82) is 0 Å². The first-order chi connectivity index (χ1) is 14.2. The lowest BCUT2D eigenvalue weighted by Crippen LogP contribution is -2.47. The standard InChI is InChI=1S/C22H27ClN2O4S/c1-17-5-3-4-6-20(17)25(30(2,27)28)15-21(26)24-16-22(11-13-29-14-12-22)18-7-9-19(23)10-8-18/h3-10H,11-16H2,1-2H3,(H,24,26). The Morgan fingerprint density at radius 3 is 2.37 bits per heavy atom. The molecule has 30 heavy (non-hydrogen) atoms. The molecule has 0 atom stereocenters. The average Bonchev–Trinajstić information content (AvgIpc) is 2.71. The molecular formula is C22H27ClN2O4S. The van der Waals surface area contributed by atoms with Gasteiger partial charge in [0.25, 0.3) is 0 Å². The molecular weight excluding hydrogens is 424 g/mol. The molecule has 1 fully saturated rings. The fourth-order valence-electron chi connectivity index (χ4n) is 3.81. The number of halogens is 1. The van der Waals surface area contributed by atoms with Crippen LogP contribution in [0.4, 0.5) is 5.69 Å². The Morgan fingerprint density at radius 1 is 1.13 bits per heavy atom. The van der Waals surface area contributed by atoms with Crippen molar-refractivity contribution >= 4 is 33.2 Å². The summed E-state index contributed by atoms with van der Waals surface area (Å²) in [6.07, 6.45) is 2.64. The second kappa shape index (κ2) is 9.37. The number of para-hydroxylation sites is 1. The first-order valence-electron chi connectivity index (χ1n) is 9.85. The van der Waals surface area contributed by atoms with Gasteiger partial charge in [0.2, 0.25) is 15.9 Å². The van der Waals surface area contributed by atoms with Gasteiger partial charge in [-0.2, -0.15) is 0 Å². The number of benzene rings is 2. The maximum atomic E-state index is 12.8. The number of nitrogens with zero attached hydrogens (tertiary/aromatic N) is 1. The van der Waals surface area contributed by atoms with Crippen LogP contribution >= 0.6 is 11.6 Å². The van der Waals surface area contributed by atoms with E-state index in [4.69, 9.17) is 16.3 Å². The van der Waals surface area contributed by atoms with Crippen LogP contribution in [0.15, 0.2) is 48.5 Å². The molecule has 1 aliphatic heterocycles. The van der Waals surface area contributed by atoms with Crippen molar-refractivity contribution < 1.29 is 17.9 Å². The fourth-order valence-corrected chi connectivity index (χ4v) is 4.85. The minimum atomic E-state index is -3.61. The molecule has 162 valence electrons. The van der Waals surface area contributed by atoms with Crippen LogP contribution in [0.5, 0.6) is 0 Å². The number of anilines is 1. The highest BCUT2D eigenvalue weighted by Gasteiger charge is 2.35. The van der Waals surface area contributed by atoms with Crippen LogP contribution in [-0.2, 0) is 25.0 Å². The molecule has 2 aromatic carbocycles. The predicted octanol–water partition coefficient (Wildman–Crippen LogP) is 3.28. The van der Waals surface area contributed by atoms with Gasteiger partial charge in [0.15, 0.2) is 0 Å². The Hall–Kier alpha value is -2.09. The van der Waals surface area contributed by atoms with Gasteiger partial charge in [0.1, 0.15) is 6.54 Å². The van der Waals surface area contributed by atoms with Crippen LogP contribution in [0.25, 0.3) is 0 Å². The first-order valence-corrected chi connectivity index (χ1v) is 12.1. The summed E-state index contributed by atoms with van der Waals surface area (Å²) < 4.78 is 31.4. The molecule has 8 heteroatoms. The highest BCUT2D eigenvalue weighted by molar-refractivity contribution is 7.92. The first kappa shape index (κ1) is 22.6. The van der Waals surface area contributed by atoms with Crippen LogP contribution < -0.4 is 9.62 Å². The zero-order chi connectivity index (χ0) is 21.8. The minimum Gasteiger partial charge on any atom is -0.381 e. The van der Waals surface area contributed by atoms with E-state index in [0.29, 0.717) is 30.5 Å². The molecule has 1 saturated heterocycles. The Morgan fingerprint density at radius 2 is 1.77 bits per heavy atom. The summed E-state index contributed by atoms with van der Waals surface area (Å²) in [6, 6.07) is 14.8. The lowest BCUT2D eigenvalue weighted by Gasteiger charge is -2.38. The number of sulfonamides is 1. The fraction of sp³-hybridized carbons (Fsp3) is 0.409. The summed E-state index contributed by atoms with van der Waals surface area (Å²) >= 11 is 6.04. The van der Waals surface area contributed by atoms with Crippen LogP contribution in [0, 0.1) is 6.92 Å². The maximum Gasteiger partial charge on any atom is 0.240 e. The van der Waals surface area contributed by atoms with E-state index in [1.165, 1.54) is 0 Å². The molecule has 6 nitrogen and oxygen atoms in total. The molecule has 0 unspecified atom stereocenters. The molecule has 1 aliphatic rings. The molecule has 3 rings (SSSR count). The predicted molar refractivity (Wildman–Crippen MR) is 120 cm³/mol. The molecule has 0 aromatic heterocycles. The largest absolute Gasteiger partial charge is 0.381 e. The van der Waals surface area contributed by atoms with Gasteiger partial charge in [-0.1, -0.05) is 41.9 Å². The maximum absolute atomic E-state index is 12.8. The second-order valence-corrected chi connectivity index (χ2v) is 10.1. The molecule has 0 bridgehead atoms. The topological polar surface area (TPSA) is 75.7 Å². The summed E-state index contributed by atoms with van der Waals surface area (Å²) in [5, 5.41) is 3.62. The van der Waals surface area contributed by atoms with Crippen molar-refractivity contribution in [3.63, 3.8) is 0 Å². The van der Waals surface area contributed by atoms with Gasteiger partial charge in [0.05, 0.1) is 11.9 Å². The third-order valence-corrected chi connectivity index (χ3v) is 6.98. The molecule has 0 radical (unpaired) electrons. The third-order valence-electron chi connectivity index (χ3n) is 5.60. The van der Waals surface area contributed by atoms with Gasteiger partial charge in [-0.3, -0.25) is 9.10 Å². The van der Waals surface area contributed by atoms with E-state index in [9.17, 15) is 13.2 Å². The van der Waals surface area contributed by atoms with Crippen molar-refractivity contribution in [2.24, 2.45) is 0 Å². The van der Waals surface area contributed by atoms with Crippen LogP contribution in [0.2, 0.25) is 5.02 Å². The van der Waals surface area contributed by atoms with Gasteiger partial charge in [-0.05, 0) is 49.1 Å². The van der Waals surface area contributed by atoms with E-state index in [2.05, 4.69) is 5.32 Å². The number of hydrogen-bond donors (Lipinski definition) is 1. The van der Waals surface area contributed by atoms with Crippen LogP contribution in [-0.4, -0.2) is 46.9 Å². The smallest absolute Gasteiger partial charge is 0.240 e. The van der Waals surface area contributed by atoms with E-state index < -0.39 is 10.0 Å². The number of aryl methyl sites for hydroxylation is 1. The van der Waals surface area contributed by atoms with Gasteiger partial charge < -0.3 is 10.1 Å². The lowest BCUT2D eigenvalue weighted by molar-refractivity contribution is -0.120. The Balaban J connectivity index is 1.76. The summed E-state index contributed by atoms with van der Waals surface area (Å²) in [5.74, 6) is -0.344. The third kappa shape index (κ3) is 5.33. The summed E-state index contributed by atoms with van der Waals surface area (Å²) in [7, 11) is -3.61. The van der Waals surface area contributed by atoms with Crippen molar-refractivity contribution in [3.05, 3.63) is 64.7 Å². The van der Waals surface area contributed by atoms with E-state index in [0.717, 1.165) is 34.5 Å². The number of carbonyl (C=O) groups excluding carboxylic acids is 1. The lowest BCUT2D eigenvalue weighted by atomic mass is 9.74. The number of carbonyl (C=O) groups is 1. The normalized spacial score (nSPS) is 16.1. The summed E-state index contributed by atoms with van der Waals surface area (Å²) in [6.45, 7) is 3.18. The molecule has 1 N–H and O–H groups in total. The number of ether oxygens (including phenoxy) is 1. The molecule has 2 aromatic rings. The van der Waals surface area contributed by atoms with E-state index in [-0.39, 0.29) is 17.9 Å². The number of amides is 1. The molecule has 0 spiro atoms. The minimum absolute atomic E-state index is 0.267. The van der Waals surface area contributed by atoms with E-state index >= 15 is 0 Å². The van der Waals surface area contributed by atoms with Gasteiger partial charge in [-0.25, -0.2) is 8.42 Å². The number of hydrogen-bond acceptors (Lipinski definition) is 4. The molecule has 0 saturated carbocycles. The zero-order valence-corrected chi connectivity index (χ0v) is 18.8. The van der Waals surface area contributed by atoms with Crippen molar-refractivity contribution in [1.82, 2.24) is 5.32 Å². The van der Waals surface area contributed by atoms with Crippen LogP contribution in [0.1, 0.15) is 24.0 Å². The van der Waals surface area contributed by atoms with E-state index in [1.807, 2.05) is 43.3 Å².